The Morgan fingerprint density at radius 3 is 2.93 bits per heavy atom. The quantitative estimate of drug-likeness (QED) is 0.781. The van der Waals surface area contributed by atoms with Gasteiger partial charge in [-0.1, -0.05) is 11.6 Å². The van der Waals surface area contributed by atoms with Gasteiger partial charge in [0.25, 0.3) is 0 Å². The number of hydrogen-bond acceptors (Lipinski definition) is 2. The van der Waals surface area contributed by atoms with E-state index in [1.54, 1.807) is 6.20 Å². The monoisotopic (exact) mass is 241 g/mol. The third kappa shape index (κ3) is 3.04. The third-order valence-electron chi connectivity index (χ3n) is 2.19. The van der Waals surface area contributed by atoms with Gasteiger partial charge in [0.1, 0.15) is 5.82 Å². The van der Waals surface area contributed by atoms with E-state index in [-0.39, 0.29) is 0 Å². The van der Waals surface area contributed by atoms with Gasteiger partial charge in [-0.2, -0.15) is 0 Å². The molecule has 0 saturated heterocycles. The highest BCUT2D eigenvalue weighted by Gasteiger charge is 2.21. The molecule has 1 aliphatic rings. The largest absolute Gasteiger partial charge is 0.360 e. The number of nitrogens with one attached hydrogen (secondary N) is 2. The molecular formula is C10H12ClN3S. The van der Waals surface area contributed by atoms with Gasteiger partial charge in [0.15, 0.2) is 5.11 Å². The topological polar surface area (TPSA) is 37.0 Å². The summed E-state index contributed by atoms with van der Waals surface area (Å²) in [6.07, 6.45) is 4.01. The van der Waals surface area contributed by atoms with Crippen LogP contribution in [0.3, 0.4) is 0 Å². The Kier molecular flexibility index (Phi) is 3.07. The second kappa shape index (κ2) is 4.33. The van der Waals surface area contributed by atoms with Gasteiger partial charge < -0.3 is 10.6 Å². The van der Waals surface area contributed by atoms with E-state index in [9.17, 15) is 0 Å². The molecule has 0 unspecified atom stereocenters. The molecule has 1 saturated carbocycles. The van der Waals surface area contributed by atoms with Crippen LogP contribution in [0.15, 0.2) is 12.3 Å². The van der Waals surface area contributed by atoms with E-state index in [1.165, 1.54) is 12.8 Å². The number of anilines is 1. The maximum atomic E-state index is 5.81. The first-order chi connectivity index (χ1) is 7.15. The van der Waals surface area contributed by atoms with E-state index < -0.39 is 0 Å². The van der Waals surface area contributed by atoms with E-state index >= 15 is 0 Å². The minimum atomic E-state index is 0.553. The van der Waals surface area contributed by atoms with Gasteiger partial charge in [-0.3, -0.25) is 0 Å². The minimum absolute atomic E-state index is 0.553. The van der Waals surface area contributed by atoms with Gasteiger partial charge in [-0.25, -0.2) is 4.98 Å². The highest BCUT2D eigenvalue weighted by molar-refractivity contribution is 7.80. The van der Waals surface area contributed by atoms with Gasteiger partial charge in [-0.05, 0) is 43.6 Å². The van der Waals surface area contributed by atoms with Gasteiger partial charge in [0.05, 0.1) is 5.02 Å². The third-order valence-corrected chi connectivity index (χ3v) is 2.62. The van der Waals surface area contributed by atoms with Crippen molar-refractivity contribution >= 4 is 34.7 Å². The number of rotatable bonds is 2. The van der Waals surface area contributed by atoms with Gasteiger partial charge in [-0.15, -0.1) is 0 Å². The Labute approximate surface area is 99.2 Å². The number of pyridine rings is 1. The average molecular weight is 242 g/mol. The predicted molar refractivity (Wildman–Crippen MR) is 66.4 cm³/mol. The highest BCUT2D eigenvalue weighted by atomic mass is 35.5. The van der Waals surface area contributed by atoms with Crippen LogP contribution < -0.4 is 10.6 Å². The Bertz CT molecular complexity index is 390. The normalized spacial score (nSPS) is 14.8. The molecule has 2 rings (SSSR count). The zero-order valence-electron chi connectivity index (χ0n) is 8.38. The Hall–Kier alpha value is -0.870. The van der Waals surface area contributed by atoms with Crippen LogP contribution in [0.2, 0.25) is 5.02 Å². The summed E-state index contributed by atoms with van der Waals surface area (Å²) in [6.45, 7) is 1.95. The molecule has 2 N–H and O–H groups in total. The fraction of sp³-hybridized carbons (Fsp3) is 0.400. The van der Waals surface area contributed by atoms with Crippen LogP contribution >= 0.6 is 23.8 Å². The van der Waals surface area contributed by atoms with Crippen LogP contribution in [0.1, 0.15) is 18.4 Å². The number of aryl methyl sites for hydroxylation is 1. The average Bonchev–Trinajstić information content (AvgIpc) is 2.94. The van der Waals surface area contributed by atoms with E-state index in [4.69, 9.17) is 23.8 Å². The van der Waals surface area contributed by atoms with Crippen molar-refractivity contribution in [1.29, 1.82) is 0 Å². The summed E-state index contributed by atoms with van der Waals surface area (Å²) in [6, 6.07) is 2.41. The molecule has 0 spiro atoms. The molecule has 1 aromatic heterocycles. The van der Waals surface area contributed by atoms with Crippen molar-refractivity contribution < 1.29 is 0 Å². The molecule has 0 bridgehead atoms. The van der Waals surface area contributed by atoms with E-state index in [1.807, 2.05) is 13.0 Å². The number of hydrogen-bond donors (Lipinski definition) is 2. The van der Waals surface area contributed by atoms with E-state index in [0.717, 1.165) is 11.4 Å². The lowest BCUT2D eigenvalue weighted by Gasteiger charge is -2.10. The second-order valence-electron chi connectivity index (χ2n) is 3.69. The van der Waals surface area contributed by atoms with Gasteiger partial charge >= 0.3 is 0 Å². The summed E-state index contributed by atoms with van der Waals surface area (Å²) >= 11 is 11.0. The van der Waals surface area contributed by atoms with Crippen LogP contribution in [0.4, 0.5) is 5.82 Å². The van der Waals surface area contributed by atoms with E-state index in [2.05, 4.69) is 15.6 Å². The zero-order valence-corrected chi connectivity index (χ0v) is 9.95. The molecular weight excluding hydrogens is 230 g/mol. The molecule has 0 radical (unpaired) electrons. The maximum absolute atomic E-state index is 5.81. The molecule has 1 fully saturated rings. The summed E-state index contributed by atoms with van der Waals surface area (Å²) in [4.78, 5) is 4.17. The smallest absolute Gasteiger partial charge is 0.172 e. The molecule has 1 aromatic rings. The molecule has 0 aromatic carbocycles. The van der Waals surface area contributed by atoms with Gasteiger partial charge in [0, 0.05) is 12.2 Å². The predicted octanol–water partition coefficient (Wildman–Crippen LogP) is 2.49. The van der Waals surface area contributed by atoms with Crippen molar-refractivity contribution in [3.63, 3.8) is 0 Å². The molecule has 0 amide bonds. The lowest BCUT2D eigenvalue weighted by atomic mass is 10.3. The lowest BCUT2D eigenvalue weighted by molar-refractivity contribution is 0.918. The van der Waals surface area contributed by atoms with Crippen LogP contribution in [-0.4, -0.2) is 16.1 Å². The van der Waals surface area contributed by atoms with Crippen molar-refractivity contribution in [2.45, 2.75) is 25.8 Å². The van der Waals surface area contributed by atoms with E-state index in [0.29, 0.717) is 16.2 Å². The van der Waals surface area contributed by atoms with Crippen molar-refractivity contribution in [3.05, 3.63) is 22.8 Å². The van der Waals surface area contributed by atoms with Crippen LogP contribution in [0.25, 0.3) is 0 Å². The molecule has 80 valence electrons. The first-order valence-corrected chi connectivity index (χ1v) is 5.63. The number of halogens is 1. The number of aromatic nitrogens is 1. The maximum Gasteiger partial charge on any atom is 0.172 e. The number of nitrogens with zero attached hydrogens (tertiary/aromatic N) is 1. The molecule has 0 atom stereocenters. The summed E-state index contributed by atoms with van der Waals surface area (Å²) in [7, 11) is 0. The number of thiocarbonyl (C=S) groups is 1. The molecule has 1 heterocycles. The minimum Gasteiger partial charge on any atom is -0.360 e. The first-order valence-electron chi connectivity index (χ1n) is 4.85. The fourth-order valence-corrected chi connectivity index (χ4v) is 1.70. The van der Waals surface area contributed by atoms with Crippen LogP contribution in [0.5, 0.6) is 0 Å². The molecule has 0 aliphatic heterocycles. The SMILES string of the molecule is Cc1cc(Cl)cnc1NC(=S)NC1CC1. The zero-order chi connectivity index (χ0) is 10.8. The Balaban J connectivity index is 1.99. The van der Waals surface area contributed by atoms with Crippen LogP contribution in [0, 0.1) is 6.92 Å². The summed E-state index contributed by atoms with van der Waals surface area (Å²) in [5.41, 5.74) is 0.988. The summed E-state index contributed by atoms with van der Waals surface area (Å²) in [5.74, 6) is 0.762. The Morgan fingerprint density at radius 1 is 1.60 bits per heavy atom. The summed E-state index contributed by atoms with van der Waals surface area (Å²) in [5, 5.41) is 7.52. The van der Waals surface area contributed by atoms with Crippen molar-refractivity contribution in [2.24, 2.45) is 0 Å². The van der Waals surface area contributed by atoms with Crippen molar-refractivity contribution in [1.82, 2.24) is 10.3 Å². The van der Waals surface area contributed by atoms with Gasteiger partial charge in [0.2, 0.25) is 0 Å². The first kappa shape index (κ1) is 10.6. The second-order valence-corrected chi connectivity index (χ2v) is 4.54. The van der Waals surface area contributed by atoms with Crippen molar-refractivity contribution in [3.8, 4) is 0 Å². The van der Waals surface area contributed by atoms with Crippen LogP contribution in [-0.2, 0) is 0 Å². The molecule has 15 heavy (non-hydrogen) atoms. The highest BCUT2D eigenvalue weighted by Crippen LogP contribution is 2.19. The summed E-state index contributed by atoms with van der Waals surface area (Å²) < 4.78 is 0. The molecule has 3 nitrogen and oxygen atoms in total. The fourth-order valence-electron chi connectivity index (χ4n) is 1.23. The molecule has 5 heteroatoms. The standard InChI is InChI=1S/C10H12ClN3S/c1-6-4-7(11)5-12-9(6)14-10(15)13-8-2-3-8/h4-5,8H,2-3H2,1H3,(H2,12,13,14,15). The van der Waals surface area contributed by atoms with Crippen molar-refractivity contribution in [2.75, 3.05) is 5.32 Å². The lowest BCUT2D eigenvalue weighted by Crippen LogP contribution is -2.30. The Morgan fingerprint density at radius 2 is 2.33 bits per heavy atom. The molecule has 1 aliphatic carbocycles.